The Hall–Kier alpha value is -1.32. The van der Waals surface area contributed by atoms with Crippen LogP contribution in [0.3, 0.4) is 0 Å². The van der Waals surface area contributed by atoms with Crippen molar-refractivity contribution in [2.75, 3.05) is 6.54 Å². The minimum Gasteiger partial charge on any atom is -0.337 e. The van der Waals surface area contributed by atoms with E-state index in [0.717, 1.165) is 12.8 Å². The van der Waals surface area contributed by atoms with Gasteiger partial charge >= 0.3 is 0 Å². The molecule has 94 valence electrons. The third-order valence-electron chi connectivity index (χ3n) is 2.40. The molecule has 0 spiro atoms. The minimum atomic E-state index is -3.48. The lowest BCUT2D eigenvalue weighted by Gasteiger charge is -2.02. The molecule has 0 aliphatic carbocycles. The van der Waals surface area contributed by atoms with Gasteiger partial charge in [0.2, 0.25) is 0 Å². The first kappa shape index (κ1) is 13.7. The maximum absolute atomic E-state index is 11.8. The van der Waals surface area contributed by atoms with Gasteiger partial charge in [-0.3, -0.25) is 0 Å². The van der Waals surface area contributed by atoms with Gasteiger partial charge in [-0.15, -0.1) is 12.3 Å². The van der Waals surface area contributed by atoms with Crippen LogP contribution in [0.15, 0.2) is 11.2 Å². The van der Waals surface area contributed by atoms with Gasteiger partial charge in [0.05, 0.1) is 0 Å². The lowest BCUT2D eigenvalue weighted by atomic mass is 10.2. The topological polar surface area (TPSA) is 64.0 Å². The Kier molecular flexibility index (Phi) is 4.73. The summed E-state index contributed by atoms with van der Waals surface area (Å²) in [5, 5.41) is 0.0643. The number of nitrogens with zero attached hydrogens (tertiary/aromatic N) is 2. The molecule has 5 nitrogen and oxygen atoms in total. The molecule has 0 aromatic carbocycles. The van der Waals surface area contributed by atoms with Gasteiger partial charge in [-0.05, 0) is 19.8 Å². The molecule has 1 heterocycles. The zero-order valence-corrected chi connectivity index (χ0v) is 10.9. The van der Waals surface area contributed by atoms with Gasteiger partial charge < -0.3 is 4.57 Å². The van der Waals surface area contributed by atoms with Crippen LogP contribution in [0.4, 0.5) is 0 Å². The summed E-state index contributed by atoms with van der Waals surface area (Å²) in [5.74, 6) is 3.18. The molecule has 0 atom stereocenters. The summed E-state index contributed by atoms with van der Waals surface area (Å²) in [7, 11) is -1.72. The molecule has 1 aromatic heterocycles. The summed E-state index contributed by atoms with van der Waals surface area (Å²) in [5.41, 5.74) is 0. The molecular formula is C11H17N3O2S. The molecule has 0 aliphatic rings. The number of rotatable bonds is 6. The SMILES string of the molecule is C#CCCCCNS(=O)(=O)c1cn(C)c(C)n1. The van der Waals surface area contributed by atoms with E-state index in [-0.39, 0.29) is 5.03 Å². The number of hydrogen-bond donors (Lipinski definition) is 1. The predicted octanol–water partition coefficient (Wildman–Crippen LogP) is 0.810. The maximum atomic E-state index is 11.8. The smallest absolute Gasteiger partial charge is 0.259 e. The number of aryl methyl sites for hydroxylation is 2. The summed E-state index contributed by atoms with van der Waals surface area (Å²) in [6.07, 6.45) is 8.83. The van der Waals surface area contributed by atoms with Crippen molar-refractivity contribution in [1.82, 2.24) is 14.3 Å². The molecule has 0 amide bonds. The van der Waals surface area contributed by atoms with Crippen LogP contribution in [0.5, 0.6) is 0 Å². The van der Waals surface area contributed by atoms with E-state index < -0.39 is 10.0 Å². The van der Waals surface area contributed by atoms with E-state index in [1.54, 1.807) is 18.5 Å². The Morgan fingerprint density at radius 3 is 2.76 bits per heavy atom. The zero-order valence-electron chi connectivity index (χ0n) is 10.1. The number of imidazole rings is 1. The fourth-order valence-electron chi connectivity index (χ4n) is 1.29. The summed E-state index contributed by atoms with van der Waals surface area (Å²) >= 11 is 0. The van der Waals surface area contributed by atoms with E-state index >= 15 is 0 Å². The van der Waals surface area contributed by atoms with E-state index in [0.29, 0.717) is 18.8 Å². The van der Waals surface area contributed by atoms with Crippen LogP contribution in [-0.4, -0.2) is 24.5 Å². The highest BCUT2D eigenvalue weighted by molar-refractivity contribution is 7.89. The van der Waals surface area contributed by atoms with Crippen molar-refractivity contribution in [2.45, 2.75) is 31.2 Å². The number of terminal acetylenes is 1. The average molecular weight is 255 g/mol. The standard InChI is InChI=1S/C11H17N3O2S/c1-4-5-6-7-8-12-17(15,16)11-9-14(3)10(2)13-11/h1,9,12H,5-8H2,2-3H3. The number of unbranched alkanes of at least 4 members (excludes halogenated alkanes) is 2. The second-order valence-electron chi connectivity index (χ2n) is 3.80. The van der Waals surface area contributed by atoms with E-state index in [1.807, 2.05) is 0 Å². The lowest BCUT2D eigenvalue weighted by Crippen LogP contribution is -2.25. The van der Waals surface area contributed by atoms with Gasteiger partial charge in [0.25, 0.3) is 10.0 Å². The average Bonchev–Trinajstić information content (AvgIpc) is 2.60. The summed E-state index contributed by atoms with van der Waals surface area (Å²) in [6, 6.07) is 0. The highest BCUT2D eigenvalue weighted by Crippen LogP contribution is 2.07. The molecule has 0 fully saturated rings. The monoisotopic (exact) mass is 255 g/mol. The minimum absolute atomic E-state index is 0.0643. The Morgan fingerprint density at radius 1 is 1.53 bits per heavy atom. The lowest BCUT2D eigenvalue weighted by molar-refractivity contribution is 0.574. The van der Waals surface area contributed by atoms with Crippen LogP contribution < -0.4 is 4.72 Å². The van der Waals surface area contributed by atoms with Crippen LogP contribution in [-0.2, 0) is 17.1 Å². The van der Waals surface area contributed by atoms with Crippen molar-refractivity contribution >= 4 is 10.0 Å². The predicted molar refractivity (Wildman–Crippen MR) is 65.8 cm³/mol. The van der Waals surface area contributed by atoms with Gasteiger partial charge in [-0.2, -0.15) is 0 Å². The molecular weight excluding hydrogens is 238 g/mol. The molecule has 0 saturated heterocycles. The van der Waals surface area contributed by atoms with Crippen molar-refractivity contribution in [3.63, 3.8) is 0 Å². The van der Waals surface area contributed by atoms with Crippen molar-refractivity contribution in [2.24, 2.45) is 7.05 Å². The van der Waals surface area contributed by atoms with Crippen molar-refractivity contribution in [3.05, 3.63) is 12.0 Å². The van der Waals surface area contributed by atoms with E-state index in [1.165, 1.54) is 6.20 Å². The fourth-order valence-corrected chi connectivity index (χ4v) is 2.40. The molecule has 0 aliphatic heterocycles. The third kappa shape index (κ3) is 3.88. The molecule has 1 N–H and O–H groups in total. The quantitative estimate of drug-likeness (QED) is 0.604. The molecule has 0 saturated carbocycles. The van der Waals surface area contributed by atoms with Gasteiger partial charge in [-0.25, -0.2) is 18.1 Å². The first-order valence-corrected chi connectivity index (χ1v) is 6.89. The van der Waals surface area contributed by atoms with Gasteiger partial charge in [0.15, 0.2) is 5.03 Å². The van der Waals surface area contributed by atoms with E-state index in [2.05, 4.69) is 15.6 Å². The van der Waals surface area contributed by atoms with Gasteiger partial charge in [0, 0.05) is 26.2 Å². The Balaban J connectivity index is 2.55. The molecule has 0 radical (unpaired) electrons. The van der Waals surface area contributed by atoms with Crippen LogP contribution in [0.1, 0.15) is 25.1 Å². The molecule has 1 rings (SSSR count). The van der Waals surface area contributed by atoms with Crippen LogP contribution in [0.25, 0.3) is 0 Å². The molecule has 6 heteroatoms. The van der Waals surface area contributed by atoms with E-state index in [9.17, 15) is 8.42 Å². The fraction of sp³-hybridized carbons (Fsp3) is 0.545. The first-order valence-electron chi connectivity index (χ1n) is 5.40. The van der Waals surface area contributed by atoms with Crippen LogP contribution in [0.2, 0.25) is 0 Å². The molecule has 17 heavy (non-hydrogen) atoms. The second kappa shape index (κ2) is 5.84. The third-order valence-corrected chi connectivity index (χ3v) is 3.73. The van der Waals surface area contributed by atoms with E-state index in [4.69, 9.17) is 6.42 Å². The maximum Gasteiger partial charge on any atom is 0.259 e. The summed E-state index contributed by atoms with van der Waals surface area (Å²) < 4.78 is 27.8. The van der Waals surface area contributed by atoms with Gasteiger partial charge in [0.1, 0.15) is 5.82 Å². The van der Waals surface area contributed by atoms with Crippen molar-refractivity contribution in [1.29, 1.82) is 0 Å². The van der Waals surface area contributed by atoms with Crippen molar-refractivity contribution in [3.8, 4) is 12.3 Å². The summed E-state index contributed by atoms with van der Waals surface area (Å²) in [4.78, 5) is 3.98. The second-order valence-corrected chi connectivity index (χ2v) is 5.51. The van der Waals surface area contributed by atoms with Gasteiger partial charge in [-0.1, -0.05) is 0 Å². The Labute approximate surface area is 102 Å². The Morgan fingerprint density at radius 2 is 2.24 bits per heavy atom. The van der Waals surface area contributed by atoms with Crippen LogP contribution >= 0.6 is 0 Å². The molecule has 1 aromatic rings. The number of nitrogens with one attached hydrogen (secondary N) is 1. The molecule has 0 bridgehead atoms. The summed E-state index contributed by atoms with van der Waals surface area (Å²) in [6.45, 7) is 2.14. The number of aromatic nitrogens is 2. The highest BCUT2D eigenvalue weighted by Gasteiger charge is 2.17. The van der Waals surface area contributed by atoms with Crippen molar-refractivity contribution < 1.29 is 8.42 Å². The normalized spacial score (nSPS) is 11.4. The largest absolute Gasteiger partial charge is 0.337 e. The Bertz CT molecular complexity index is 492. The zero-order chi connectivity index (χ0) is 12.9. The first-order chi connectivity index (χ1) is 7.97. The highest BCUT2D eigenvalue weighted by atomic mass is 32.2. The number of sulfonamides is 1. The molecule has 0 unspecified atom stereocenters. The number of hydrogen-bond acceptors (Lipinski definition) is 3. The van der Waals surface area contributed by atoms with Crippen LogP contribution in [0, 0.1) is 19.3 Å².